The molecule has 220 valence electrons. The van der Waals surface area contributed by atoms with Crippen molar-refractivity contribution in [3.05, 3.63) is 81.4 Å². The smallest absolute Gasteiger partial charge is 0.343 e. The summed E-state index contributed by atoms with van der Waals surface area (Å²) in [6.07, 6.45) is 7.12. The van der Waals surface area contributed by atoms with Crippen LogP contribution < -0.4 is 15.2 Å². The number of aromatic hydroxyl groups is 1. The minimum absolute atomic E-state index is 0.0353. The summed E-state index contributed by atoms with van der Waals surface area (Å²) in [5, 5.41) is 30.1. The lowest BCUT2D eigenvalue weighted by molar-refractivity contribution is 0.281. The molecule has 1 unspecified atom stereocenters. The van der Waals surface area contributed by atoms with E-state index in [4.69, 9.17) is 4.42 Å². The largest absolute Gasteiger partial charge is 0.507 e. The number of nitrogens with zero attached hydrogens (tertiary/aromatic N) is 1. The molecule has 2 aliphatic carbocycles. The molecule has 1 fully saturated rings. The highest BCUT2D eigenvalue weighted by atomic mass is 32.2. The maximum Gasteiger partial charge on any atom is 0.343 e. The summed E-state index contributed by atoms with van der Waals surface area (Å²) >= 11 is 0. The predicted octanol–water partition coefficient (Wildman–Crippen LogP) is 4.14. The lowest BCUT2D eigenvalue weighted by Gasteiger charge is -2.23. The predicted molar refractivity (Wildman–Crippen MR) is 157 cm³/mol. The summed E-state index contributed by atoms with van der Waals surface area (Å²) in [4.78, 5) is 15.0. The van der Waals surface area contributed by atoms with Gasteiger partial charge in [-0.05, 0) is 73.9 Å². The van der Waals surface area contributed by atoms with Crippen molar-refractivity contribution in [2.75, 3.05) is 35.9 Å². The maximum absolute atomic E-state index is 13.4. The standard InChI is InChI=1S/C31H38N2O7S/c34-17-15-33(16-18-35)24-9-6-10-25(20-24)41(38,39)32-23-8-5-7-22(19-23)28(21-13-14-21)29-30(36)26-11-3-1-2-4-12-27(26)40-31(29)37/h5-10,19-21,28,32,34-36H,1-4,11-18H2. The number of aryl methyl sites for hydroxylation is 1. The Bertz CT molecular complexity index is 1530. The molecule has 9 nitrogen and oxygen atoms in total. The van der Waals surface area contributed by atoms with Gasteiger partial charge in [0.2, 0.25) is 0 Å². The second kappa shape index (κ2) is 12.7. The first kappa shape index (κ1) is 29.2. The van der Waals surface area contributed by atoms with Gasteiger partial charge in [0.05, 0.1) is 23.7 Å². The normalized spacial score (nSPS) is 16.3. The molecule has 10 heteroatoms. The topological polar surface area (TPSA) is 140 Å². The molecule has 1 aromatic heterocycles. The Hall–Kier alpha value is -3.34. The van der Waals surface area contributed by atoms with Crippen LogP contribution in [0.3, 0.4) is 0 Å². The Morgan fingerprint density at radius 3 is 2.37 bits per heavy atom. The summed E-state index contributed by atoms with van der Waals surface area (Å²) in [5.41, 5.74) is 2.14. The molecule has 2 aliphatic rings. The second-order valence-corrected chi connectivity index (χ2v) is 12.6. The van der Waals surface area contributed by atoms with Gasteiger partial charge in [-0.3, -0.25) is 4.72 Å². The van der Waals surface area contributed by atoms with Crippen LogP contribution in [0.1, 0.15) is 66.9 Å². The van der Waals surface area contributed by atoms with Gasteiger partial charge in [0, 0.05) is 42.4 Å². The van der Waals surface area contributed by atoms with Crippen LogP contribution in [0.2, 0.25) is 0 Å². The van der Waals surface area contributed by atoms with Crippen LogP contribution in [0.4, 0.5) is 11.4 Å². The Labute approximate surface area is 240 Å². The summed E-state index contributed by atoms with van der Waals surface area (Å²) in [6.45, 7) is 0.238. The summed E-state index contributed by atoms with van der Waals surface area (Å²) in [7, 11) is -3.98. The quantitative estimate of drug-likeness (QED) is 0.265. The van der Waals surface area contributed by atoms with Crippen molar-refractivity contribution in [2.45, 2.75) is 62.2 Å². The molecule has 1 atom stereocenters. The number of anilines is 2. The van der Waals surface area contributed by atoms with Crippen molar-refractivity contribution in [3.8, 4) is 5.75 Å². The highest BCUT2D eigenvalue weighted by Gasteiger charge is 2.38. The minimum atomic E-state index is -3.98. The zero-order chi connectivity index (χ0) is 29.0. The van der Waals surface area contributed by atoms with Crippen LogP contribution in [0.15, 0.2) is 62.6 Å². The Morgan fingerprint density at radius 1 is 0.951 bits per heavy atom. The van der Waals surface area contributed by atoms with Crippen molar-refractivity contribution in [2.24, 2.45) is 5.92 Å². The second-order valence-electron chi connectivity index (χ2n) is 10.9. The lowest BCUT2D eigenvalue weighted by atomic mass is 9.85. The third-order valence-corrected chi connectivity index (χ3v) is 9.41. The first-order valence-electron chi connectivity index (χ1n) is 14.4. The number of hydrogen-bond donors (Lipinski definition) is 4. The fourth-order valence-electron chi connectivity index (χ4n) is 5.87. The third-order valence-electron chi connectivity index (χ3n) is 8.03. The summed E-state index contributed by atoms with van der Waals surface area (Å²) in [5.74, 6) is 0.377. The summed E-state index contributed by atoms with van der Waals surface area (Å²) < 4.78 is 35.2. The van der Waals surface area contributed by atoms with Gasteiger partial charge in [0.25, 0.3) is 10.0 Å². The van der Waals surface area contributed by atoms with E-state index in [0.29, 0.717) is 30.0 Å². The average Bonchev–Trinajstić information content (AvgIpc) is 3.77. The highest BCUT2D eigenvalue weighted by Crippen LogP contribution is 2.49. The number of benzene rings is 2. The van der Waals surface area contributed by atoms with E-state index >= 15 is 0 Å². The molecule has 1 heterocycles. The van der Waals surface area contributed by atoms with Gasteiger partial charge in [-0.1, -0.05) is 31.0 Å². The van der Waals surface area contributed by atoms with E-state index in [1.165, 1.54) is 12.1 Å². The molecule has 0 spiro atoms. The van der Waals surface area contributed by atoms with E-state index < -0.39 is 21.6 Å². The molecule has 0 bridgehead atoms. The fraction of sp³-hybridized carbons (Fsp3) is 0.452. The summed E-state index contributed by atoms with van der Waals surface area (Å²) in [6, 6.07) is 13.3. The first-order chi connectivity index (χ1) is 19.8. The van der Waals surface area contributed by atoms with Crippen LogP contribution >= 0.6 is 0 Å². The molecule has 1 saturated carbocycles. The molecule has 2 aromatic carbocycles. The van der Waals surface area contributed by atoms with Crippen LogP contribution in [0, 0.1) is 5.92 Å². The Morgan fingerprint density at radius 2 is 1.66 bits per heavy atom. The van der Waals surface area contributed by atoms with Gasteiger partial charge in [0.1, 0.15) is 11.5 Å². The van der Waals surface area contributed by atoms with Gasteiger partial charge in [-0.15, -0.1) is 0 Å². The Kier molecular flexibility index (Phi) is 9.01. The van der Waals surface area contributed by atoms with Gasteiger partial charge < -0.3 is 24.6 Å². The molecule has 0 amide bonds. The van der Waals surface area contributed by atoms with E-state index in [1.54, 1.807) is 35.2 Å². The van der Waals surface area contributed by atoms with Crippen molar-refractivity contribution in [1.82, 2.24) is 0 Å². The van der Waals surface area contributed by atoms with Crippen molar-refractivity contribution < 1.29 is 28.2 Å². The van der Waals surface area contributed by atoms with E-state index in [0.717, 1.165) is 49.7 Å². The molecule has 0 aliphatic heterocycles. The Balaban J connectivity index is 1.46. The van der Waals surface area contributed by atoms with Gasteiger partial charge in [-0.2, -0.15) is 0 Å². The number of aliphatic hydroxyl groups excluding tert-OH is 2. The van der Waals surface area contributed by atoms with Crippen LogP contribution in [-0.4, -0.2) is 50.0 Å². The fourth-order valence-corrected chi connectivity index (χ4v) is 6.96. The van der Waals surface area contributed by atoms with E-state index in [2.05, 4.69) is 4.72 Å². The van der Waals surface area contributed by atoms with Gasteiger partial charge in [0.15, 0.2) is 0 Å². The number of aliphatic hydroxyl groups is 2. The molecule has 5 rings (SSSR count). The molecule has 0 radical (unpaired) electrons. The van der Waals surface area contributed by atoms with Gasteiger partial charge in [-0.25, -0.2) is 13.2 Å². The average molecular weight is 583 g/mol. The van der Waals surface area contributed by atoms with E-state index in [-0.39, 0.29) is 48.4 Å². The van der Waals surface area contributed by atoms with E-state index in [9.17, 15) is 28.5 Å². The number of hydrogen-bond acceptors (Lipinski definition) is 8. The van der Waals surface area contributed by atoms with Crippen molar-refractivity contribution in [1.29, 1.82) is 0 Å². The molecule has 0 saturated heterocycles. The van der Waals surface area contributed by atoms with Crippen molar-refractivity contribution >= 4 is 21.4 Å². The first-order valence-corrected chi connectivity index (χ1v) is 15.9. The number of fused-ring (bicyclic) bond motifs is 1. The minimum Gasteiger partial charge on any atom is -0.507 e. The third kappa shape index (κ3) is 6.60. The van der Waals surface area contributed by atoms with Crippen molar-refractivity contribution in [3.63, 3.8) is 0 Å². The van der Waals surface area contributed by atoms with Crippen LogP contribution in [0.5, 0.6) is 5.75 Å². The number of sulfonamides is 1. The number of nitrogens with one attached hydrogen (secondary N) is 1. The maximum atomic E-state index is 13.4. The van der Waals surface area contributed by atoms with E-state index in [1.807, 2.05) is 6.07 Å². The van der Waals surface area contributed by atoms with Crippen LogP contribution in [-0.2, 0) is 22.9 Å². The monoisotopic (exact) mass is 582 g/mol. The highest BCUT2D eigenvalue weighted by molar-refractivity contribution is 7.92. The number of rotatable bonds is 11. The SMILES string of the molecule is O=c1oc2c(c(O)c1C(c1cccc(NS(=O)(=O)c3cccc(N(CCO)CCO)c3)c1)C1CC1)CCCCCC2. The lowest BCUT2D eigenvalue weighted by Crippen LogP contribution is -2.29. The molecule has 4 N–H and O–H groups in total. The van der Waals surface area contributed by atoms with Crippen LogP contribution in [0.25, 0.3) is 0 Å². The zero-order valence-corrected chi connectivity index (χ0v) is 23.9. The molecular formula is C31H38N2O7S. The van der Waals surface area contributed by atoms with Gasteiger partial charge >= 0.3 is 5.63 Å². The molecule has 3 aromatic rings. The molecule has 41 heavy (non-hydrogen) atoms. The zero-order valence-electron chi connectivity index (χ0n) is 23.1. The molecular weight excluding hydrogens is 544 g/mol.